The molecule has 0 spiro atoms. The van der Waals surface area contributed by atoms with Crippen molar-refractivity contribution < 1.29 is 14.3 Å². The Kier molecular flexibility index (Phi) is 12.1. The number of hydrogen-bond acceptors (Lipinski definition) is 3. The second kappa shape index (κ2) is 14.0. The summed E-state index contributed by atoms with van der Waals surface area (Å²) in [6.07, 6.45) is 11.3. The van der Waals surface area contributed by atoms with Crippen molar-refractivity contribution in [3.63, 3.8) is 0 Å². The van der Waals surface area contributed by atoms with Crippen LogP contribution in [-0.4, -0.2) is 25.8 Å². The first-order chi connectivity index (χ1) is 11.8. The number of ether oxygens (including phenoxy) is 2. The van der Waals surface area contributed by atoms with Gasteiger partial charge in [0.2, 0.25) is 0 Å². The molecule has 1 aromatic carbocycles. The van der Waals surface area contributed by atoms with Gasteiger partial charge in [0, 0.05) is 6.61 Å². The number of unbranched alkanes of at least 4 members (excludes halogenated alkanes) is 7. The monoisotopic (exact) mass is 334 g/mol. The van der Waals surface area contributed by atoms with Crippen LogP contribution >= 0.6 is 0 Å². The number of esters is 1. The summed E-state index contributed by atoms with van der Waals surface area (Å²) in [6, 6.07) is 7.60. The molecule has 3 nitrogen and oxygen atoms in total. The molecular formula is C21H34O3. The van der Waals surface area contributed by atoms with Crippen molar-refractivity contribution in [3.05, 3.63) is 35.4 Å². The van der Waals surface area contributed by atoms with E-state index in [-0.39, 0.29) is 5.97 Å². The van der Waals surface area contributed by atoms with E-state index in [1.807, 2.05) is 18.2 Å². The molecule has 1 rings (SSSR count). The fraction of sp³-hybridized carbons (Fsp3) is 0.667. The summed E-state index contributed by atoms with van der Waals surface area (Å²) < 4.78 is 10.8. The van der Waals surface area contributed by atoms with E-state index < -0.39 is 0 Å². The topological polar surface area (TPSA) is 35.5 Å². The number of rotatable bonds is 14. The lowest BCUT2D eigenvalue weighted by molar-refractivity contribution is 0.0312. The molecule has 1 aromatic rings. The van der Waals surface area contributed by atoms with E-state index >= 15 is 0 Å². The second-order valence-corrected chi connectivity index (χ2v) is 6.28. The van der Waals surface area contributed by atoms with Gasteiger partial charge in [-0.3, -0.25) is 0 Å². The molecule has 0 atom stereocenters. The second-order valence-electron chi connectivity index (χ2n) is 6.28. The van der Waals surface area contributed by atoms with E-state index in [2.05, 4.69) is 13.8 Å². The van der Waals surface area contributed by atoms with E-state index in [1.165, 1.54) is 44.9 Å². The summed E-state index contributed by atoms with van der Waals surface area (Å²) in [4.78, 5) is 11.9. The van der Waals surface area contributed by atoms with Gasteiger partial charge in [-0.2, -0.15) is 0 Å². The standard InChI is InChI=1S/C21H34O3/c1-3-5-6-7-8-9-10-11-15-23-16-17-24-21(22)20-14-12-13-19(4-2)18-20/h12-14,18H,3-11,15-17H2,1-2H3. The number of aryl methyl sites for hydroxylation is 1. The van der Waals surface area contributed by atoms with E-state index in [0.29, 0.717) is 18.8 Å². The van der Waals surface area contributed by atoms with Gasteiger partial charge in [0.25, 0.3) is 0 Å². The summed E-state index contributed by atoms with van der Waals surface area (Å²) in [7, 11) is 0. The average Bonchev–Trinajstić information content (AvgIpc) is 2.62. The minimum atomic E-state index is -0.263. The van der Waals surface area contributed by atoms with Gasteiger partial charge >= 0.3 is 5.97 Å². The molecule has 0 saturated heterocycles. The molecule has 0 amide bonds. The molecule has 0 fully saturated rings. The average molecular weight is 335 g/mol. The first-order valence-electron chi connectivity index (χ1n) is 9.61. The zero-order valence-electron chi connectivity index (χ0n) is 15.5. The minimum Gasteiger partial charge on any atom is -0.460 e. The third kappa shape index (κ3) is 9.71. The molecule has 0 heterocycles. The Hall–Kier alpha value is -1.35. The van der Waals surface area contributed by atoms with Gasteiger partial charge in [0.05, 0.1) is 12.2 Å². The number of carbonyl (C=O) groups excluding carboxylic acids is 1. The fourth-order valence-corrected chi connectivity index (χ4v) is 2.63. The van der Waals surface area contributed by atoms with Crippen LogP contribution in [0.15, 0.2) is 24.3 Å². The van der Waals surface area contributed by atoms with Gasteiger partial charge in [-0.25, -0.2) is 4.79 Å². The van der Waals surface area contributed by atoms with Crippen molar-refractivity contribution in [3.8, 4) is 0 Å². The van der Waals surface area contributed by atoms with E-state index in [4.69, 9.17) is 9.47 Å². The Balaban J connectivity index is 1.95. The minimum absolute atomic E-state index is 0.263. The van der Waals surface area contributed by atoms with Gasteiger partial charge in [-0.15, -0.1) is 0 Å². The molecule has 0 aromatic heterocycles. The van der Waals surface area contributed by atoms with Crippen molar-refractivity contribution in [2.75, 3.05) is 19.8 Å². The Morgan fingerprint density at radius 1 is 0.875 bits per heavy atom. The molecule has 0 aliphatic heterocycles. The predicted octanol–water partition coefficient (Wildman–Crippen LogP) is 5.56. The molecule has 136 valence electrons. The molecule has 0 unspecified atom stereocenters. The maximum absolute atomic E-state index is 11.9. The molecule has 24 heavy (non-hydrogen) atoms. The van der Waals surface area contributed by atoms with Crippen LogP contribution in [0.1, 0.15) is 81.1 Å². The van der Waals surface area contributed by atoms with Gasteiger partial charge in [-0.05, 0) is 30.5 Å². The Labute approximate surface area is 147 Å². The Morgan fingerprint density at radius 2 is 1.58 bits per heavy atom. The molecule has 0 bridgehead atoms. The highest BCUT2D eigenvalue weighted by molar-refractivity contribution is 5.89. The summed E-state index contributed by atoms with van der Waals surface area (Å²) in [6.45, 7) is 5.89. The summed E-state index contributed by atoms with van der Waals surface area (Å²) in [5.41, 5.74) is 1.77. The molecule has 0 radical (unpaired) electrons. The van der Waals surface area contributed by atoms with Gasteiger partial charge in [-0.1, -0.05) is 70.9 Å². The van der Waals surface area contributed by atoms with Gasteiger partial charge in [0.1, 0.15) is 6.61 Å². The Morgan fingerprint density at radius 3 is 2.29 bits per heavy atom. The quantitative estimate of drug-likeness (QED) is 0.330. The van der Waals surface area contributed by atoms with Crippen LogP contribution in [0.3, 0.4) is 0 Å². The number of carbonyl (C=O) groups is 1. The molecular weight excluding hydrogens is 300 g/mol. The van der Waals surface area contributed by atoms with Crippen LogP contribution in [0.5, 0.6) is 0 Å². The lowest BCUT2D eigenvalue weighted by atomic mass is 10.1. The van der Waals surface area contributed by atoms with E-state index in [9.17, 15) is 4.79 Å². The van der Waals surface area contributed by atoms with Crippen LogP contribution in [0.2, 0.25) is 0 Å². The maximum Gasteiger partial charge on any atom is 0.338 e. The van der Waals surface area contributed by atoms with Crippen molar-refractivity contribution >= 4 is 5.97 Å². The third-order valence-corrected chi connectivity index (χ3v) is 4.17. The summed E-state index contributed by atoms with van der Waals surface area (Å²) >= 11 is 0. The lowest BCUT2D eigenvalue weighted by Crippen LogP contribution is -2.11. The fourth-order valence-electron chi connectivity index (χ4n) is 2.63. The first kappa shape index (κ1) is 20.7. The number of benzene rings is 1. The zero-order valence-corrected chi connectivity index (χ0v) is 15.5. The van der Waals surface area contributed by atoms with Gasteiger partial charge in [0.15, 0.2) is 0 Å². The molecule has 0 N–H and O–H groups in total. The van der Waals surface area contributed by atoms with E-state index in [1.54, 1.807) is 6.07 Å². The molecule has 0 aliphatic rings. The normalized spacial score (nSPS) is 10.8. The summed E-state index contributed by atoms with van der Waals surface area (Å²) in [5, 5.41) is 0. The van der Waals surface area contributed by atoms with Crippen molar-refractivity contribution in [2.24, 2.45) is 0 Å². The maximum atomic E-state index is 11.9. The smallest absolute Gasteiger partial charge is 0.338 e. The van der Waals surface area contributed by atoms with Crippen LogP contribution in [0.4, 0.5) is 0 Å². The van der Waals surface area contributed by atoms with Crippen molar-refractivity contribution in [1.82, 2.24) is 0 Å². The summed E-state index contributed by atoms with van der Waals surface area (Å²) in [5.74, 6) is -0.263. The van der Waals surface area contributed by atoms with Crippen LogP contribution in [0, 0.1) is 0 Å². The molecule has 0 saturated carbocycles. The lowest BCUT2D eigenvalue weighted by Gasteiger charge is -2.07. The van der Waals surface area contributed by atoms with Crippen molar-refractivity contribution in [1.29, 1.82) is 0 Å². The highest BCUT2D eigenvalue weighted by Gasteiger charge is 2.06. The van der Waals surface area contributed by atoms with Crippen LogP contribution < -0.4 is 0 Å². The third-order valence-electron chi connectivity index (χ3n) is 4.17. The SMILES string of the molecule is CCCCCCCCCCOCCOC(=O)c1cccc(CC)c1. The van der Waals surface area contributed by atoms with Crippen molar-refractivity contribution in [2.45, 2.75) is 71.6 Å². The van der Waals surface area contributed by atoms with Crippen LogP contribution in [0.25, 0.3) is 0 Å². The largest absolute Gasteiger partial charge is 0.460 e. The zero-order chi connectivity index (χ0) is 17.5. The van der Waals surface area contributed by atoms with E-state index in [0.717, 1.165) is 25.0 Å². The van der Waals surface area contributed by atoms with Gasteiger partial charge < -0.3 is 9.47 Å². The Bertz CT molecular complexity index is 442. The highest BCUT2D eigenvalue weighted by Crippen LogP contribution is 2.09. The highest BCUT2D eigenvalue weighted by atomic mass is 16.6. The predicted molar refractivity (Wildman–Crippen MR) is 99.5 cm³/mol. The van der Waals surface area contributed by atoms with Crippen LogP contribution in [-0.2, 0) is 15.9 Å². The molecule has 0 aliphatic carbocycles. The first-order valence-corrected chi connectivity index (χ1v) is 9.61. The molecule has 3 heteroatoms. The number of hydrogen-bond donors (Lipinski definition) is 0.